The molecule has 0 heterocycles. The van der Waals surface area contributed by atoms with E-state index in [1.54, 1.807) is 0 Å². The summed E-state index contributed by atoms with van der Waals surface area (Å²) < 4.78 is 37.4. The van der Waals surface area contributed by atoms with E-state index < -0.39 is 17.8 Å². The molecule has 1 unspecified atom stereocenters. The molecule has 2 rings (SSSR count). The van der Waals surface area contributed by atoms with Gasteiger partial charge in [-0.2, -0.15) is 13.2 Å². The van der Waals surface area contributed by atoms with E-state index in [-0.39, 0.29) is 18.9 Å². The van der Waals surface area contributed by atoms with E-state index in [1.807, 2.05) is 30.3 Å². The van der Waals surface area contributed by atoms with Crippen LogP contribution in [-0.4, -0.2) is 23.7 Å². The van der Waals surface area contributed by atoms with Crippen molar-refractivity contribution in [1.29, 1.82) is 0 Å². The summed E-state index contributed by atoms with van der Waals surface area (Å²) in [7, 11) is 0. The standard InChI is InChI=1S/C19H20F3NO2/c20-19(21,22)16-9-6-14(7-10-16)8-11-18(25)23-13-17(24)12-15-4-2-1-3-5-15/h1-7,9-10,17,24H,8,11-13H2,(H,23,25). The van der Waals surface area contributed by atoms with Gasteiger partial charge in [-0.25, -0.2) is 0 Å². The van der Waals surface area contributed by atoms with E-state index in [2.05, 4.69) is 5.32 Å². The number of hydrogen-bond acceptors (Lipinski definition) is 2. The summed E-state index contributed by atoms with van der Waals surface area (Å²) in [5.41, 5.74) is 0.937. The molecular weight excluding hydrogens is 331 g/mol. The maximum Gasteiger partial charge on any atom is 0.416 e. The maximum absolute atomic E-state index is 12.5. The second-order valence-corrected chi connectivity index (χ2v) is 5.84. The largest absolute Gasteiger partial charge is 0.416 e. The molecule has 0 spiro atoms. The molecule has 0 saturated carbocycles. The van der Waals surface area contributed by atoms with E-state index >= 15 is 0 Å². The molecule has 0 saturated heterocycles. The van der Waals surface area contributed by atoms with Crippen LogP contribution in [0.2, 0.25) is 0 Å². The Kier molecular flexibility index (Phi) is 6.58. The summed E-state index contributed by atoms with van der Waals surface area (Å²) in [6, 6.07) is 14.2. The van der Waals surface area contributed by atoms with Crippen LogP contribution >= 0.6 is 0 Å². The van der Waals surface area contributed by atoms with Gasteiger partial charge in [0.2, 0.25) is 5.91 Å². The zero-order valence-corrected chi connectivity index (χ0v) is 13.6. The van der Waals surface area contributed by atoms with Crippen molar-refractivity contribution in [2.45, 2.75) is 31.5 Å². The molecule has 2 N–H and O–H groups in total. The second-order valence-electron chi connectivity index (χ2n) is 5.84. The first-order valence-corrected chi connectivity index (χ1v) is 7.99. The molecule has 0 aliphatic carbocycles. The molecule has 1 atom stereocenters. The number of alkyl halides is 3. The summed E-state index contributed by atoms with van der Waals surface area (Å²) in [4.78, 5) is 11.8. The summed E-state index contributed by atoms with van der Waals surface area (Å²) in [6.07, 6.45) is -4.09. The van der Waals surface area contributed by atoms with Crippen molar-refractivity contribution >= 4 is 5.91 Å². The fraction of sp³-hybridized carbons (Fsp3) is 0.316. The minimum Gasteiger partial charge on any atom is -0.391 e. The third kappa shape index (κ3) is 6.58. The molecule has 134 valence electrons. The van der Waals surface area contributed by atoms with Gasteiger partial charge in [0.1, 0.15) is 0 Å². The van der Waals surface area contributed by atoms with Gasteiger partial charge in [0.15, 0.2) is 0 Å². The monoisotopic (exact) mass is 351 g/mol. The van der Waals surface area contributed by atoms with Crippen LogP contribution in [0.3, 0.4) is 0 Å². The SMILES string of the molecule is O=C(CCc1ccc(C(F)(F)F)cc1)NCC(O)Cc1ccccc1. The van der Waals surface area contributed by atoms with Crippen LogP contribution in [0.25, 0.3) is 0 Å². The van der Waals surface area contributed by atoms with Gasteiger partial charge in [0.25, 0.3) is 0 Å². The highest BCUT2D eigenvalue weighted by atomic mass is 19.4. The molecule has 2 aromatic carbocycles. The van der Waals surface area contributed by atoms with Crippen LogP contribution in [0.5, 0.6) is 0 Å². The quantitative estimate of drug-likeness (QED) is 0.804. The highest BCUT2D eigenvalue weighted by Crippen LogP contribution is 2.29. The Balaban J connectivity index is 1.71. The molecule has 2 aromatic rings. The molecule has 6 heteroatoms. The van der Waals surface area contributed by atoms with Crippen molar-refractivity contribution in [2.75, 3.05) is 6.54 Å². The van der Waals surface area contributed by atoms with E-state index in [9.17, 15) is 23.1 Å². The Hall–Kier alpha value is -2.34. The van der Waals surface area contributed by atoms with Crippen molar-refractivity contribution in [3.05, 3.63) is 71.3 Å². The van der Waals surface area contributed by atoms with Crippen molar-refractivity contribution < 1.29 is 23.1 Å². The molecule has 0 bridgehead atoms. The van der Waals surface area contributed by atoms with Gasteiger partial charge in [0, 0.05) is 19.4 Å². The Morgan fingerprint density at radius 3 is 2.24 bits per heavy atom. The Bertz CT molecular complexity index is 669. The molecule has 0 aliphatic rings. The predicted octanol–water partition coefficient (Wildman–Crippen LogP) is 3.36. The lowest BCUT2D eigenvalue weighted by molar-refractivity contribution is -0.137. The van der Waals surface area contributed by atoms with Crippen LogP contribution in [0.1, 0.15) is 23.1 Å². The lowest BCUT2D eigenvalue weighted by Gasteiger charge is -2.12. The maximum atomic E-state index is 12.5. The lowest BCUT2D eigenvalue weighted by atomic mass is 10.1. The zero-order valence-electron chi connectivity index (χ0n) is 13.6. The minimum absolute atomic E-state index is 0.140. The smallest absolute Gasteiger partial charge is 0.391 e. The number of benzene rings is 2. The molecule has 0 aromatic heterocycles. The van der Waals surface area contributed by atoms with E-state index in [0.717, 1.165) is 17.7 Å². The number of carbonyl (C=O) groups excluding carboxylic acids is 1. The highest BCUT2D eigenvalue weighted by Gasteiger charge is 2.29. The third-order valence-electron chi connectivity index (χ3n) is 3.77. The average Bonchev–Trinajstić information content (AvgIpc) is 2.58. The number of aryl methyl sites for hydroxylation is 1. The number of amides is 1. The summed E-state index contributed by atoms with van der Waals surface area (Å²) in [5, 5.41) is 12.6. The number of nitrogens with one attached hydrogen (secondary N) is 1. The molecule has 0 aliphatic heterocycles. The first kappa shape index (κ1) is 19.0. The van der Waals surface area contributed by atoms with Crippen molar-refractivity contribution in [2.24, 2.45) is 0 Å². The fourth-order valence-corrected chi connectivity index (χ4v) is 2.40. The summed E-state index contributed by atoms with van der Waals surface area (Å²) in [5.74, 6) is -0.244. The number of hydrogen-bond donors (Lipinski definition) is 2. The van der Waals surface area contributed by atoms with E-state index in [4.69, 9.17) is 0 Å². The van der Waals surface area contributed by atoms with Gasteiger partial charge < -0.3 is 10.4 Å². The fourth-order valence-electron chi connectivity index (χ4n) is 2.40. The van der Waals surface area contributed by atoms with Gasteiger partial charge in [-0.15, -0.1) is 0 Å². The van der Waals surface area contributed by atoms with Crippen LogP contribution in [0.4, 0.5) is 13.2 Å². The van der Waals surface area contributed by atoms with Crippen LogP contribution in [-0.2, 0) is 23.8 Å². The van der Waals surface area contributed by atoms with Crippen molar-refractivity contribution in [3.63, 3.8) is 0 Å². The van der Waals surface area contributed by atoms with Gasteiger partial charge in [-0.05, 0) is 29.7 Å². The molecule has 0 fully saturated rings. The van der Waals surface area contributed by atoms with Crippen molar-refractivity contribution in [3.8, 4) is 0 Å². The van der Waals surface area contributed by atoms with Gasteiger partial charge >= 0.3 is 6.18 Å². The number of aliphatic hydroxyl groups is 1. The molecule has 3 nitrogen and oxygen atoms in total. The lowest BCUT2D eigenvalue weighted by Crippen LogP contribution is -2.33. The number of carbonyl (C=O) groups is 1. The zero-order chi connectivity index (χ0) is 18.3. The first-order chi connectivity index (χ1) is 11.8. The van der Waals surface area contributed by atoms with Gasteiger partial charge in [-0.1, -0.05) is 42.5 Å². The molecule has 0 radical (unpaired) electrons. The topological polar surface area (TPSA) is 49.3 Å². The first-order valence-electron chi connectivity index (χ1n) is 7.99. The number of rotatable bonds is 7. The van der Waals surface area contributed by atoms with Crippen molar-refractivity contribution in [1.82, 2.24) is 5.32 Å². The summed E-state index contributed by atoms with van der Waals surface area (Å²) >= 11 is 0. The van der Waals surface area contributed by atoms with Gasteiger partial charge in [0.05, 0.1) is 11.7 Å². The average molecular weight is 351 g/mol. The van der Waals surface area contributed by atoms with E-state index in [1.165, 1.54) is 12.1 Å². The van der Waals surface area contributed by atoms with Crippen LogP contribution in [0, 0.1) is 0 Å². The molecular formula is C19H20F3NO2. The third-order valence-corrected chi connectivity index (χ3v) is 3.77. The number of aliphatic hydroxyl groups excluding tert-OH is 1. The Morgan fingerprint density at radius 2 is 1.64 bits per heavy atom. The second kappa shape index (κ2) is 8.67. The Labute approximate surface area is 144 Å². The van der Waals surface area contributed by atoms with E-state index in [0.29, 0.717) is 18.4 Å². The van der Waals surface area contributed by atoms with Crippen LogP contribution in [0.15, 0.2) is 54.6 Å². The Morgan fingerprint density at radius 1 is 1.00 bits per heavy atom. The number of halogens is 3. The minimum atomic E-state index is -4.36. The normalized spacial score (nSPS) is 12.6. The molecule has 1 amide bonds. The van der Waals surface area contributed by atoms with Crippen LogP contribution < -0.4 is 5.32 Å². The summed E-state index contributed by atoms with van der Waals surface area (Å²) in [6.45, 7) is 0.140. The molecule has 25 heavy (non-hydrogen) atoms. The van der Waals surface area contributed by atoms with Gasteiger partial charge in [-0.3, -0.25) is 4.79 Å². The predicted molar refractivity (Wildman–Crippen MR) is 88.9 cm³/mol. The highest BCUT2D eigenvalue weighted by molar-refractivity contribution is 5.76.